The molecule has 0 bridgehead atoms. The monoisotopic (exact) mass is 109 g/mol. The van der Waals surface area contributed by atoms with Crippen LogP contribution in [0.5, 0.6) is 0 Å². The molecule has 0 spiro atoms. The van der Waals surface area contributed by atoms with Gasteiger partial charge in [-0.25, -0.2) is 0 Å². The Morgan fingerprint density at radius 1 is 1.33 bits per heavy atom. The Labute approximate surface area is 89.0 Å². The summed E-state index contributed by atoms with van der Waals surface area (Å²) in [7, 11) is 0. The van der Waals surface area contributed by atoms with Crippen LogP contribution in [-0.4, -0.2) is 23.9 Å². The number of hydrogen-bond acceptors (Lipinski definition) is 3. The topological polar surface area (TPSA) is 66.2 Å². The van der Waals surface area contributed by atoms with E-state index in [9.17, 15) is 0 Å². The van der Waals surface area contributed by atoms with E-state index in [1.807, 2.05) is 0 Å². The van der Waals surface area contributed by atoms with Gasteiger partial charge in [-0.05, 0) is 0 Å². The molecule has 0 saturated carbocycles. The Kier molecular flexibility index (Phi) is 25.2. The molecule has 4 nitrogen and oxygen atoms in total. The fraction of sp³-hybridized carbons (Fsp3) is 0. The van der Waals surface area contributed by atoms with E-state index in [0.717, 1.165) is 0 Å². The van der Waals surface area contributed by atoms with Crippen LogP contribution in [0.2, 0.25) is 0 Å². The molecule has 0 aromatic carbocycles. The van der Waals surface area contributed by atoms with Crippen molar-refractivity contribution in [1.82, 2.24) is 0 Å². The Morgan fingerprint density at radius 3 is 1.33 bits per heavy atom. The van der Waals surface area contributed by atoms with Crippen molar-refractivity contribution in [3.05, 3.63) is 15.3 Å². The molecule has 26 valence electrons. The molecule has 0 aromatic rings. The molecular weight excluding hydrogens is 108 g/mol. The fourth-order valence-corrected chi connectivity index (χ4v) is 0. The standard InChI is InChI=1S/K.Li.NO3.H/c;;2-1(3)4;/q+1;;-1;. The average Bonchev–Trinajstić information content (AvgIpc) is 0.811. The van der Waals surface area contributed by atoms with Crippen molar-refractivity contribution < 1.29 is 56.5 Å². The summed E-state index contributed by atoms with van der Waals surface area (Å²) in [6.45, 7) is 0. The van der Waals surface area contributed by atoms with Crippen molar-refractivity contribution in [1.29, 1.82) is 0 Å². The Morgan fingerprint density at radius 2 is 1.33 bits per heavy atom. The van der Waals surface area contributed by atoms with E-state index >= 15 is 0 Å². The van der Waals surface area contributed by atoms with E-state index in [1.54, 1.807) is 0 Å². The normalized spacial score (nSPS) is 4.00. The second kappa shape index (κ2) is 9.66. The van der Waals surface area contributed by atoms with Gasteiger partial charge in [0.25, 0.3) is 0 Å². The zero-order valence-electron chi connectivity index (χ0n) is 2.67. The van der Waals surface area contributed by atoms with Crippen LogP contribution < -0.4 is 51.4 Å². The maximum absolute atomic E-state index is 8.25. The Balaban J connectivity index is -0.0000000450. The third-order valence-electron chi connectivity index (χ3n) is 0. The fourth-order valence-electron chi connectivity index (χ4n) is 0. The van der Waals surface area contributed by atoms with Crippen LogP contribution in [0.15, 0.2) is 0 Å². The molecule has 6 heavy (non-hydrogen) atoms. The molecule has 0 aliphatic carbocycles. The van der Waals surface area contributed by atoms with E-state index in [1.165, 1.54) is 0 Å². The number of hydrogen-bond donors (Lipinski definition) is 0. The molecule has 0 aromatic heterocycles. The van der Waals surface area contributed by atoms with Gasteiger partial charge in [0.15, 0.2) is 0 Å². The van der Waals surface area contributed by atoms with E-state index < -0.39 is 5.09 Å². The van der Waals surface area contributed by atoms with Gasteiger partial charge in [0.05, 0.1) is 5.09 Å². The second-order valence-electron chi connectivity index (χ2n) is 0.224. The molecule has 0 saturated heterocycles. The predicted octanol–water partition coefficient (Wildman–Crippen LogP) is -3.88. The quantitative estimate of drug-likeness (QED) is 0.181. The van der Waals surface area contributed by atoms with Crippen molar-refractivity contribution >= 4 is 18.9 Å². The van der Waals surface area contributed by atoms with E-state index in [4.69, 9.17) is 15.3 Å². The van der Waals surface area contributed by atoms with Crippen LogP contribution in [0.25, 0.3) is 0 Å². The molecule has 6 heteroatoms. The van der Waals surface area contributed by atoms with E-state index in [-0.39, 0.29) is 70.2 Å². The van der Waals surface area contributed by atoms with Gasteiger partial charge in [0.2, 0.25) is 0 Å². The third kappa shape index (κ3) is 52.0. The number of rotatable bonds is 0. The van der Waals surface area contributed by atoms with Gasteiger partial charge in [0, 0.05) is 0 Å². The first-order chi connectivity index (χ1) is 1.73. The molecule has 0 atom stereocenters. The first-order valence-corrected chi connectivity index (χ1v) is 0.548. The van der Waals surface area contributed by atoms with Crippen molar-refractivity contribution in [2.24, 2.45) is 0 Å². The van der Waals surface area contributed by atoms with Crippen molar-refractivity contribution in [3.8, 4) is 0 Å². The summed E-state index contributed by atoms with van der Waals surface area (Å²) in [5.41, 5.74) is 0. The molecule has 0 aliphatic heterocycles. The van der Waals surface area contributed by atoms with Crippen LogP contribution >= 0.6 is 0 Å². The molecule has 0 aliphatic rings. The molecular formula is HKLiNO3. The van der Waals surface area contributed by atoms with E-state index in [0.29, 0.717) is 0 Å². The van der Waals surface area contributed by atoms with Gasteiger partial charge in [0.1, 0.15) is 0 Å². The molecule has 0 fully saturated rings. The molecule has 0 heterocycles. The van der Waals surface area contributed by atoms with Crippen LogP contribution in [0.4, 0.5) is 0 Å². The summed E-state index contributed by atoms with van der Waals surface area (Å²) in [4.78, 5) is 8.25. The molecule has 0 amide bonds. The summed E-state index contributed by atoms with van der Waals surface area (Å²) >= 11 is 0. The zero-order chi connectivity index (χ0) is 3.58. The van der Waals surface area contributed by atoms with Gasteiger partial charge >= 0.3 is 70.2 Å². The minimum atomic E-state index is -1.75. The third-order valence-corrected chi connectivity index (χ3v) is 0. The summed E-state index contributed by atoms with van der Waals surface area (Å²) in [6, 6.07) is 0. The van der Waals surface area contributed by atoms with Gasteiger partial charge in [-0.2, -0.15) is 0 Å². The summed E-state index contributed by atoms with van der Waals surface area (Å²) < 4.78 is 0. The van der Waals surface area contributed by atoms with Gasteiger partial charge in [-0.1, -0.05) is 0 Å². The molecule has 0 N–H and O–H groups in total. The second-order valence-corrected chi connectivity index (χ2v) is 0.224. The average molecular weight is 109 g/mol. The van der Waals surface area contributed by atoms with Crippen LogP contribution in [0.1, 0.15) is 0 Å². The summed E-state index contributed by atoms with van der Waals surface area (Å²) in [6.07, 6.45) is 0. The van der Waals surface area contributed by atoms with Crippen LogP contribution in [-0.2, 0) is 0 Å². The number of nitrogens with zero attached hydrogens (tertiary/aromatic N) is 1. The van der Waals surface area contributed by atoms with Crippen LogP contribution in [0, 0.1) is 15.3 Å². The SMILES string of the molecule is O=[N+]([O-])[O-].[K+].[LiH]. The predicted molar refractivity (Wildman–Crippen MR) is 17.5 cm³/mol. The molecule has 0 rings (SSSR count). The first kappa shape index (κ1) is 15.7. The van der Waals surface area contributed by atoms with Gasteiger partial charge in [-0.3, -0.25) is 0 Å². The Hall–Kier alpha value is 1.43. The summed E-state index contributed by atoms with van der Waals surface area (Å²) in [5.74, 6) is 0. The maximum atomic E-state index is 8.25. The summed E-state index contributed by atoms with van der Waals surface area (Å²) in [5, 5.41) is 14.8. The molecule has 0 radical (unpaired) electrons. The van der Waals surface area contributed by atoms with Crippen molar-refractivity contribution in [2.45, 2.75) is 0 Å². The molecule has 0 unspecified atom stereocenters. The Bertz CT molecular complexity index is 33.8. The van der Waals surface area contributed by atoms with Crippen LogP contribution in [0.3, 0.4) is 0 Å². The van der Waals surface area contributed by atoms with Gasteiger partial charge in [-0.15, -0.1) is 0 Å². The van der Waals surface area contributed by atoms with E-state index in [2.05, 4.69) is 0 Å². The zero-order valence-corrected chi connectivity index (χ0v) is 5.80. The van der Waals surface area contributed by atoms with Crippen molar-refractivity contribution in [2.75, 3.05) is 0 Å². The van der Waals surface area contributed by atoms with Crippen molar-refractivity contribution in [3.63, 3.8) is 0 Å². The first-order valence-electron chi connectivity index (χ1n) is 0.548. The minimum absolute atomic E-state index is 0. The van der Waals surface area contributed by atoms with Gasteiger partial charge < -0.3 is 15.3 Å².